The molecule has 0 saturated heterocycles. The van der Waals surface area contributed by atoms with E-state index in [4.69, 9.17) is 10.8 Å². The number of hydrogen-bond acceptors (Lipinski definition) is 6. The third kappa shape index (κ3) is 8.90. The number of carbonyl (C=O) groups is 5. The lowest BCUT2D eigenvalue weighted by molar-refractivity contribution is -0.144. The molecular formula is C18H32N4O7. The first-order valence-electron chi connectivity index (χ1n) is 9.43. The zero-order valence-electron chi connectivity index (χ0n) is 17.4. The van der Waals surface area contributed by atoms with Gasteiger partial charge in [0.1, 0.15) is 18.1 Å². The summed E-state index contributed by atoms with van der Waals surface area (Å²) < 4.78 is 0. The standard InChI is InChI=1S/C18H32N4O7/c1-6-9(4)14(18(28)29)22-15(25)10(5)20-16(26)11(7-12(23)24)21-17(27)13(19)8(2)3/h8-11,13-14H,6-7,19H2,1-5H3,(H,20,26)(H,21,27)(H,22,25)(H,23,24)(H,28,29). The zero-order chi connectivity index (χ0) is 22.9. The zero-order valence-corrected chi connectivity index (χ0v) is 17.4. The molecule has 0 rings (SSSR count). The molecule has 0 fully saturated rings. The molecule has 0 aliphatic heterocycles. The van der Waals surface area contributed by atoms with Crippen molar-refractivity contribution in [1.82, 2.24) is 16.0 Å². The lowest BCUT2D eigenvalue weighted by atomic mass is 9.99. The first-order chi connectivity index (χ1) is 13.3. The average molecular weight is 416 g/mol. The van der Waals surface area contributed by atoms with Gasteiger partial charge in [-0.15, -0.1) is 0 Å². The van der Waals surface area contributed by atoms with Gasteiger partial charge in [0.25, 0.3) is 0 Å². The minimum absolute atomic E-state index is 0.234. The molecule has 0 bridgehead atoms. The molecule has 0 spiro atoms. The molecule has 0 saturated carbocycles. The summed E-state index contributed by atoms with van der Waals surface area (Å²) in [6.07, 6.45) is -0.192. The fourth-order valence-electron chi connectivity index (χ4n) is 2.30. The molecule has 29 heavy (non-hydrogen) atoms. The van der Waals surface area contributed by atoms with Crippen molar-refractivity contribution in [1.29, 1.82) is 0 Å². The number of aliphatic carboxylic acids is 2. The van der Waals surface area contributed by atoms with Crippen LogP contribution in [0.5, 0.6) is 0 Å². The summed E-state index contributed by atoms with van der Waals surface area (Å²) in [6, 6.07) is -4.66. The van der Waals surface area contributed by atoms with Gasteiger partial charge in [0.2, 0.25) is 17.7 Å². The van der Waals surface area contributed by atoms with Gasteiger partial charge in [0, 0.05) is 0 Å². The lowest BCUT2D eigenvalue weighted by Crippen LogP contribution is -2.57. The maximum absolute atomic E-state index is 12.4. The van der Waals surface area contributed by atoms with Gasteiger partial charge >= 0.3 is 11.9 Å². The molecule has 5 atom stereocenters. The molecule has 11 nitrogen and oxygen atoms in total. The van der Waals surface area contributed by atoms with Crippen molar-refractivity contribution in [2.75, 3.05) is 0 Å². The summed E-state index contributed by atoms with van der Waals surface area (Å²) in [5.41, 5.74) is 5.70. The van der Waals surface area contributed by atoms with Gasteiger partial charge in [-0.2, -0.15) is 0 Å². The van der Waals surface area contributed by atoms with Gasteiger partial charge in [0.15, 0.2) is 0 Å². The van der Waals surface area contributed by atoms with E-state index < -0.39 is 60.2 Å². The van der Waals surface area contributed by atoms with Crippen LogP contribution in [0.2, 0.25) is 0 Å². The molecule has 5 unspecified atom stereocenters. The van der Waals surface area contributed by atoms with Crippen LogP contribution in [0.4, 0.5) is 0 Å². The Morgan fingerprint density at radius 2 is 1.41 bits per heavy atom. The molecule has 3 amide bonds. The molecule has 0 heterocycles. The molecule has 0 radical (unpaired) electrons. The molecule has 166 valence electrons. The number of carboxylic acids is 2. The Balaban J connectivity index is 5.14. The highest BCUT2D eigenvalue weighted by Gasteiger charge is 2.31. The van der Waals surface area contributed by atoms with Gasteiger partial charge in [-0.1, -0.05) is 34.1 Å². The number of nitrogens with one attached hydrogen (secondary N) is 3. The Bertz CT molecular complexity index is 623. The number of carbonyl (C=O) groups excluding carboxylic acids is 3. The van der Waals surface area contributed by atoms with Crippen molar-refractivity contribution < 1.29 is 34.2 Å². The Kier molecular flexibility index (Phi) is 10.9. The largest absolute Gasteiger partial charge is 0.481 e. The molecule has 0 aliphatic rings. The summed E-state index contributed by atoms with van der Waals surface area (Å²) in [5, 5.41) is 25.2. The van der Waals surface area contributed by atoms with Gasteiger partial charge in [0.05, 0.1) is 12.5 Å². The molecular weight excluding hydrogens is 384 g/mol. The number of hydrogen-bond donors (Lipinski definition) is 6. The van der Waals surface area contributed by atoms with E-state index in [-0.39, 0.29) is 11.8 Å². The van der Waals surface area contributed by atoms with Gasteiger partial charge in [-0.3, -0.25) is 19.2 Å². The minimum Gasteiger partial charge on any atom is -0.481 e. The summed E-state index contributed by atoms with van der Waals surface area (Å²) in [6.45, 7) is 8.15. The van der Waals surface area contributed by atoms with E-state index >= 15 is 0 Å². The Morgan fingerprint density at radius 1 is 0.862 bits per heavy atom. The van der Waals surface area contributed by atoms with Crippen molar-refractivity contribution in [3.05, 3.63) is 0 Å². The van der Waals surface area contributed by atoms with Crippen LogP contribution in [0.15, 0.2) is 0 Å². The van der Waals surface area contributed by atoms with Crippen LogP contribution in [0.3, 0.4) is 0 Å². The number of amides is 3. The smallest absolute Gasteiger partial charge is 0.326 e. The minimum atomic E-state index is -1.44. The molecule has 0 aromatic rings. The summed E-state index contributed by atoms with van der Waals surface area (Å²) in [7, 11) is 0. The first-order valence-corrected chi connectivity index (χ1v) is 9.43. The van der Waals surface area contributed by atoms with Crippen LogP contribution >= 0.6 is 0 Å². The van der Waals surface area contributed by atoms with E-state index in [1.807, 2.05) is 0 Å². The Labute approximate surface area is 169 Å². The van der Waals surface area contributed by atoms with Crippen molar-refractivity contribution >= 4 is 29.7 Å². The number of carboxylic acid groups (broad SMARTS) is 2. The highest BCUT2D eigenvalue weighted by Crippen LogP contribution is 2.08. The van der Waals surface area contributed by atoms with Crippen LogP contribution < -0.4 is 21.7 Å². The Morgan fingerprint density at radius 3 is 1.83 bits per heavy atom. The van der Waals surface area contributed by atoms with E-state index in [9.17, 15) is 29.1 Å². The SMILES string of the molecule is CCC(C)C(NC(=O)C(C)NC(=O)C(CC(=O)O)NC(=O)C(N)C(C)C)C(=O)O. The monoisotopic (exact) mass is 416 g/mol. The summed E-state index contributed by atoms with van der Waals surface area (Å²) in [4.78, 5) is 59.1. The predicted molar refractivity (Wildman–Crippen MR) is 104 cm³/mol. The van der Waals surface area contributed by atoms with Gasteiger partial charge in [-0.25, -0.2) is 4.79 Å². The number of nitrogens with two attached hydrogens (primary N) is 1. The average Bonchev–Trinajstić information content (AvgIpc) is 2.62. The van der Waals surface area contributed by atoms with Gasteiger partial charge in [-0.05, 0) is 18.8 Å². The van der Waals surface area contributed by atoms with Gasteiger partial charge < -0.3 is 31.9 Å². The first kappa shape index (κ1) is 26.3. The second-order valence-corrected chi connectivity index (χ2v) is 7.37. The van der Waals surface area contributed by atoms with Crippen LogP contribution in [0, 0.1) is 11.8 Å². The summed E-state index contributed by atoms with van der Waals surface area (Å²) >= 11 is 0. The molecule has 0 aromatic heterocycles. The number of rotatable bonds is 12. The van der Waals surface area contributed by atoms with E-state index in [0.717, 1.165) is 0 Å². The third-order valence-electron chi connectivity index (χ3n) is 4.56. The van der Waals surface area contributed by atoms with E-state index in [1.165, 1.54) is 6.92 Å². The fourth-order valence-corrected chi connectivity index (χ4v) is 2.30. The van der Waals surface area contributed by atoms with Crippen molar-refractivity contribution in [3.8, 4) is 0 Å². The summed E-state index contributed by atoms with van der Waals surface area (Å²) in [5.74, 6) is -5.44. The van der Waals surface area contributed by atoms with Crippen LogP contribution in [-0.4, -0.2) is 64.0 Å². The lowest BCUT2D eigenvalue weighted by Gasteiger charge is -2.25. The maximum Gasteiger partial charge on any atom is 0.326 e. The van der Waals surface area contributed by atoms with Crippen molar-refractivity contribution in [2.45, 2.75) is 71.6 Å². The normalized spacial score (nSPS) is 16.1. The van der Waals surface area contributed by atoms with Crippen LogP contribution in [-0.2, 0) is 24.0 Å². The third-order valence-corrected chi connectivity index (χ3v) is 4.56. The highest BCUT2D eigenvalue weighted by molar-refractivity contribution is 5.95. The molecule has 0 aromatic carbocycles. The van der Waals surface area contributed by atoms with E-state index in [0.29, 0.717) is 6.42 Å². The quantitative estimate of drug-likeness (QED) is 0.235. The van der Waals surface area contributed by atoms with Crippen molar-refractivity contribution in [2.24, 2.45) is 17.6 Å². The van der Waals surface area contributed by atoms with E-state index in [2.05, 4.69) is 16.0 Å². The Hall–Kier alpha value is -2.69. The molecule has 11 heteroatoms. The van der Waals surface area contributed by atoms with Crippen LogP contribution in [0.25, 0.3) is 0 Å². The fraction of sp³-hybridized carbons (Fsp3) is 0.722. The second kappa shape index (κ2) is 12.0. The van der Waals surface area contributed by atoms with Crippen LogP contribution in [0.1, 0.15) is 47.5 Å². The predicted octanol–water partition coefficient (Wildman–Crippen LogP) is -0.951. The van der Waals surface area contributed by atoms with E-state index in [1.54, 1.807) is 27.7 Å². The molecule has 7 N–H and O–H groups in total. The second-order valence-electron chi connectivity index (χ2n) is 7.37. The highest BCUT2D eigenvalue weighted by atomic mass is 16.4. The van der Waals surface area contributed by atoms with Crippen molar-refractivity contribution in [3.63, 3.8) is 0 Å². The molecule has 0 aliphatic carbocycles. The topological polar surface area (TPSA) is 188 Å². The maximum atomic E-state index is 12.4.